The van der Waals surface area contributed by atoms with Gasteiger partial charge in [-0.25, -0.2) is 9.59 Å². The standard InChI is InChI=1S/C17H16N2O5/c1-3-22-16(20)14-12(10-5-4-6-19-8-10)13-11(24-15(14)18)7-9(2)23-17(13)21/h4-8,12H,3,18H2,1-2H3/t12-/m1/s1. The van der Waals surface area contributed by atoms with Crippen LogP contribution in [0.25, 0.3) is 0 Å². The van der Waals surface area contributed by atoms with Gasteiger partial charge in [0.25, 0.3) is 0 Å². The number of carbonyl (C=O) groups is 1. The van der Waals surface area contributed by atoms with Gasteiger partial charge in [-0.2, -0.15) is 0 Å². The number of esters is 1. The molecule has 0 amide bonds. The van der Waals surface area contributed by atoms with Crippen LogP contribution in [0.1, 0.15) is 29.7 Å². The lowest BCUT2D eigenvalue weighted by Crippen LogP contribution is -2.31. The molecular formula is C17H16N2O5. The second-order valence-electron chi connectivity index (χ2n) is 5.24. The minimum Gasteiger partial charge on any atom is -0.462 e. The molecule has 3 heterocycles. The van der Waals surface area contributed by atoms with Gasteiger partial charge in [-0.05, 0) is 25.5 Å². The summed E-state index contributed by atoms with van der Waals surface area (Å²) in [7, 11) is 0. The molecule has 7 nitrogen and oxygen atoms in total. The molecule has 1 aliphatic rings. The maximum absolute atomic E-state index is 12.4. The summed E-state index contributed by atoms with van der Waals surface area (Å²) < 4.78 is 15.8. The van der Waals surface area contributed by atoms with Crippen LogP contribution in [0.3, 0.4) is 0 Å². The Labute approximate surface area is 137 Å². The SMILES string of the molecule is CCOC(=O)C1=C(N)Oc2cc(C)oc(=O)c2[C@H]1c1cccnc1. The van der Waals surface area contributed by atoms with E-state index in [9.17, 15) is 9.59 Å². The molecule has 0 radical (unpaired) electrons. The maximum Gasteiger partial charge on any atom is 0.343 e. The molecule has 124 valence electrons. The summed E-state index contributed by atoms with van der Waals surface area (Å²) in [5.74, 6) is -0.855. The Bertz CT molecular complexity index is 870. The Hall–Kier alpha value is -3.09. The first-order valence-electron chi connectivity index (χ1n) is 7.42. The van der Waals surface area contributed by atoms with Crippen molar-refractivity contribution in [2.24, 2.45) is 5.73 Å². The van der Waals surface area contributed by atoms with E-state index in [0.717, 1.165) is 0 Å². The van der Waals surface area contributed by atoms with Crippen molar-refractivity contribution in [1.29, 1.82) is 0 Å². The minimum absolute atomic E-state index is 0.0634. The molecule has 2 N–H and O–H groups in total. The molecule has 0 fully saturated rings. The Morgan fingerprint density at radius 1 is 1.46 bits per heavy atom. The average Bonchev–Trinajstić information content (AvgIpc) is 2.54. The zero-order valence-corrected chi connectivity index (χ0v) is 13.2. The number of hydrogen-bond donors (Lipinski definition) is 1. The highest BCUT2D eigenvalue weighted by molar-refractivity contribution is 5.92. The van der Waals surface area contributed by atoms with Crippen molar-refractivity contribution in [2.45, 2.75) is 19.8 Å². The van der Waals surface area contributed by atoms with E-state index >= 15 is 0 Å². The third-order valence-electron chi connectivity index (χ3n) is 3.65. The van der Waals surface area contributed by atoms with Crippen molar-refractivity contribution in [3.8, 4) is 5.75 Å². The van der Waals surface area contributed by atoms with E-state index in [1.807, 2.05) is 0 Å². The van der Waals surface area contributed by atoms with Crippen molar-refractivity contribution >= 4 is 5.97 Å². The topological polar surface area (TPSA) is 105 Å². The lowest BCUT2D eigenvalue weighted by atomic mass is 9.84. The molecule has 0 saturated heterocycles. The molecule has 1 aliphatic heterocycles. The quantitative estimate of drug-likeness (QED) is 0.853. The van der Waals surface area contributed by atoms with Crippen molar-refractivity contribution < 1.29 is 18.7 Å². The van der Waals surface area contributed by atoms with Crippen LogP contribution in [0.4, 0.5) is 0 Å². The smallest absolute Gasteiger partial charge is 0.343 e. The summed E-state index contributed by atoms with van der Waals surface area (Å²) >= 11 is 0. The third kappa shape index (κ3) is 2.64. The number of pyridine rings is 1. The van der Waals surface area contributed by atoms with Crippen LogP contribution < -0.4 is 16.1 Å². The Balaban J connectivity index is 2.26. The predicted octanol–water partition coefficient (Wildman–Crippen LogP) is 1.60. The fourth-order valence-electron chi connectivity index (χ4n) is 2.71. The van der Waals surface area contributed by atoms with E-state index in [2.05, 4.69) is 4.98 Å². The van der Waals surface area contributed by atoms with Gasteiger partial charge >= 0.3 is 11.6 Å². The second kappa shape index (κ2) is 6.19. The molecule has 7 heteroatoms. The predicted molar refractivity (Wildman–Crippen MR) is 84.3 cm³/mol. The van der Waals surface area contributed by atoms with Gasteiger partial charge in [0.15, 0.2) is 0 Å². The van der Waals surface area contributed by atoms with Crippen LogP contribution in [0.2, 0.25) is 0 Å². The monoisotopic (exact) mass is 328 g/mol. The zero-order chi connectivity index (χ0) is 17.3. The highest BCUT2D eigenvalue weighted by atomic mass is 16.5. The zero-order valence-electron chi connectivity index (χ0n) is 13.2. The first-order chi connectivity index (χ1) is 11.5. The number of nitrogens with two attached hydrogens (primary N) is 1. The summed E-state index contributed by atoms with van der Waals surface area (Å²) in [6, 6.07) is 5.02. The van der Waals surface area contributed by atoms with E-state index in [-0.39, 0.29) is 29.4 Å². The maximum atomic E-state index is 12.4. The average molecular weight is 328 g/mol. The highest BCUT2D eigenvalue weighted by Crippen LogP contribution is 2.40. The van der Waals surface area contributed by atoms with Crippen LogP contribution in [0.5, 0.6) is 5.75 Å². The van der Waals surface area contributed by atoms with Gasteiger partial charge in [0.2, 0.25) is 5.88 Å². The van der Waals surface area contributed by atoms with Crippen LogP contribution in [0, 0.1) is 6.92 Å². The molecule has 1 atom stereocenters. The fraction of sp³-hybridized carbons (Fsp3) is 0.235. The summed E-state index contributed by atoms with van der Waals surface area (Å²) in [6.07, 6.45) is 3.16. The molecule has 2 aromatic heterocycles. The molecular weight excluding hydrogens is 312 g/mol. The summed E-state index contributed by atoms with van der Waals surface area (Å²) in [6.45, 7) is 3.48. The van der Waals surface area contributed by atoms with Crippen molar-refractivity contribution in [1.82, 2.24) is 4.98 Å². The number of aryl methyl sites for hydroxylation is 1. The van der Waals surface area contributed by atoms with Gasteiger partial charge in [-0.15, -0.1) is 0 Å². The molecule has 0 bridgehead atoms. The van der Waals surface area contributed by atoms with E-state index in [1.54, 1.807) is 44.4 Å². The highest BCUT2D eigenvalue weighted by Gasteiger charge is 2.38. The van der Waals surface area contributed by atoms with Crippen molar-refractivity contribution in [3.63, 3.8) is 0 Å². The number of fused-ring (bicyclic) bond motifs is 1. The van der Waals surface area contributed by atoms with Crippen LogP contribution >= 0.6 is 0 Å². The first kappa shape index (κ1) is 15.8. The van der Waals surface area contributed by atoms with E-state index in [0.29, 0.717) is 11.3 Å². The fourth-order valence-corrected chi connectivity index (χ4v) is 2.71. The molecule has 24 heavy (non-hydrogen) atoms. The van der Waals surface area contributed by atoms with E-state index in [1.165, 1.54) is 0 Å². The summed E-state index contributed by atoms with van der Waals surface area (Å²) in [5.41, 5.74) is 6.25. The van der Waals surface area contributed by atoms with Crippen LogP contribution in [-0.2, 0) is 9.53 Å². The molecule has 0 unspecified atom stereocenters. The number of carbonyl (C=O) groups excluding carboxylic acids is 1. The van der Waals surface area contributed by atoms with Crippen LogP contribution in [-0.4, -0.2) is 17.6 Å². The molecule has 0 aromatic carbocycles. The molecule has 0 aliphatic carbocycles. The van der Waals surface area contributed by atoms with Gasteiger partial charge in [-0.1, -0.05) is 6.07 Å². The molecule has 3 rings (SSSR count). The molecule has 0 saturated carbocycles. The third-order valence-corrected chi connectivity index (χ3v) is 3.65. The van der Waals surface area contributed by atoms with Gasteiger partial charge in [0.1, 0.15) is 17.1 Å². The first-order valence-corrected chi connectivity index (χ1v) is 7.42. The van der Waals surface area contributed by atoms with Crippen LogP contribution in [0.15, 0.2) is 51.3 Å². The Morgan fingerprint density at radius 2 is 2.25 bits per heavy atom. The van der Waals surface area contributed by atoms with Gasteiger partial charge < -0.3 is 19.6 Å². The minimum atomic E-state index is -0.765. The number of hydrogen-bond acceptors (Lipinski definition) is 7. The lowest BCUT2D eigenvalue weighted by molar-refractivity contribution is -0.139. The molecule has 0 spiro atoms. The number of nitrogens with zero attached hydrogens (tertiary/aromatic N) is 1. The number of aromatic nitrogens is 1. The number of rotatable bonds is 3. The van der Waals surface area contributed by atoms with Gasteiger partial charge in [0, 0.05) is 18.5 Å². The summed E-state index contributed by atoms with van der Waals surface area (Å²) in [4.78, 5) is 28.9. The largest absolute Gasteiger partial charge is 0.462 e. The summed E-state index contributed by atoms with van der Waals surface area (Å²) in [5, 5.41) is 0. The Morgan fingerprint density at radius 3 is 2.92 bits per heavy atom. The van der Waals surface area contributed by atoms with E-state index in [4.69, 9.17) is 19.6 Å². The lowest BCUT2D eigenvalue weighted by Gasteiger charge is -2.27. The van der Waals surface area contributed by atoms with Crippen molar-refractivity contribution in [3.05, 3.63) is 69.4 Å². The Kier molecular flexibility index (Phi) is 4.07. The van der Waals surface area contributed by atoms with Gasteiger partial charge in [-0.3, -0.25) is 4.98 Å². The normalized spacial score (nSPS) is 16.3. The van der Waals surface area contributed by atoms with Gasteiger partial charge in [0.05, 0.1) is 18.1 Å². The van der Waals surface area contributed by atoms with E-state index < -0.39 is 17.5 Å². The number of ether oxygens (including phenoxy) is 2. The second-order valence-corrected chi connectivity index (χ2v) is 5.24. The molecule has 2 aromatic rings. The van der Waals surface area contributed by atoms with Crippen molar-refractivity contribution in [2.75, 3.05) is 6.61 Å².